The quantitative estimate of drug-likeness (QED) is 0.360. The van der Waals surface area contributed by atoms with Crippen molar-refractivity contribution in [2.75, 3.05) is 0 Å². The summed E-state index contributed by atoms with van der Waals surface area (Å²) >= 11 is 0. The molecule has 0 bridgehead atoms. The van der Waals surface area contributed by atoms with Crippen molar-refractivity contribution in [2.45, 2.75) is 60.4 Å². The molecule has 1 aliphatic rings. The largest absolute Gasteiger partial charge is 0.345 e. The van der Waals surface area contributed by atoms with Crippen molar-refractivity contribution < 1.29 is 0 Å². The lowest BCUT2D eigenvalue weighted by Gasteiger charge is -2.26. The highest BCUT2D eigenvalue weighted by Gasteiger charge is 2.21. The maximum absolute atomic E-state index is 4.60. The fraction of sp³-hybridized carbons (Fsp3) is 0.323. The second kappa shape index (κ2) is 14.1. The lowest BCUT2D eigenvalue weighted by Crippen LogP contribution is -2.15. The highest BCUT2D eigenvalue weighted by molar-refractivity contribution is 5.72. The molecular formula is C31H40N2. The Morgan fingerprint density at radius 2 is 1.45 bits per heavy atom. The fourth-order valence-electron chi connectivity index (χ4n) is 4.00. The normalized spacial score (nSPS) is 17.7. The summed E-state index contributed by atoms with van der Waals surface area (Å²) in [4.78, 5) is 4.60. The fourth-order valence-corrected chi connectivity index (χ4v) is 4.00. The second-order valence-electron chi connectivity index (χ2n) is 8.24. The number of benzene rings is 2. The number of rotatable bonds is 4. The zero-order chi connectivity index (χ0) is 24.1. The van der Waals surface area contributed by atoms with Gasteiger partial charge in [-0.2, -0.15) is 0 Å². The second-order valence-corrected chi connectivity index (χ2v) is 8.24. The molecule has 2 heteroatoms. The maximum atomic E-state index is 4.60. The van der Waals surface area contributed by atoms with Gasteiger partial charge in [-0.25, -0.2) is 0 Å². The number of nitrogens with zero attached hydrogens (tertiary/aromatic N) is 2. The highest BCUT2D eigenvalue weighted by Crippen LogP contribution is 2.32. The van der Waals surface area contributed by atoms with Crippen molar-refractivity contribution in [1.29, 1.82) is 0 Å². The average Bonchev–Trinajstić information content (AvgIpc) is 3.21. The van der Waals surface area contributed by atoms with Crippen LogP contribution in [0.25, 0.3) is 11.1 Å². The van der Waals surface area contributed by atoms with E-state index in [1.54, 1.807) is 0 Å². The Hall–Kier alpha value is -3.13. The van der Waals surface area contributed by atoms with E-state index < -0.39 is 0 Å². The molecule has 0 aliphatic heterocycles. The lowest BCUT2D eigenvalue weighted by atomic mass is 9.91. The van der Waals surface area contributed by atoms with Crippen LogP contribution in [0.3, 0.4) is 0 Å². The predicted octanol–water partition coefficient (Wildman–Crippen LogP) is 8.99. The van der Waals surface area contributed by atoms with Crippen LogP contribution in [0, 0.1) is 19.8 Å². The number of hydrogen-bond donors (Lipinski definition) is 0. The summed E-state index contributed by atoms with van der Waals surface area (Å²) in [6.45, 7) is 12.6. The molecule has 174 valence electrons. The standard InChI is InChI=1S/C17H24N2.C12H10.C2H6/c1-5-6-9-18-17-11-16(8-7-14(17)3)19-12-13(2)10-15(19)4;1-3-7-11(8-4-1)12-9-5-2-6-10-12;1-2/h5-6,9-12,14,16H,7-8H2,1-4H3;1-10H;1-2H3/b6-5-,18-9?;;/t14?,16-;;/m0../s1. The number of aryl methyl sites for hydroxylation is 2. The topological polar surface area (TPSA) is 17.3 Å². The van der Waals surface area contributed by atoms with Gasteiger partial charge in [0.15, 0.2) is 0 Å². The van der Waals surface area contributed by atoms with Crippen LogP contribution >= 0.6 is 0 Å². The Balaban J connectivity index is 0.000000236. The number of aromatic nitrogens is 1. The van der Waals surface area contributed by atoms with Gasteiger partial charge < -0.3 is 4.57 Å². The molecule has 1 heterocycles. The molecule has 0 saturated heterocycles. The monoisotopic (exact) mass is 440 g/mol. The minimum absolute atomic E-state index is 0.461. The Morgan fingerprint density at radius 3 is 1.94 bits per heavy atom. The van der Waals surface area contributed by atoms with Gasteiger partial charge in [0.1, 0.15) is 0 Å². The molecule has 0 amide bonds. The third-order valence-electron chi connectivity index (χ3n) is 5.69. The molecule has 3 aromatic rings. The van der Waals surface area contributed by atoms with Gasteiger partial charge in [-0.05, 0) is 74.4 Å². The van der Waals surface area contributed by atoms with Gasteiger partial charge in [0, 0.05) is 23.8 Å². The van der Waals surface area contributed by atoms with E-state index in [9.17, 15) is 0 Å². The molecule has 0 spiro atoms. The van der Waals surface area contributed by atoms with Crippen molar-refractivity contribution in [1.82, 2.24) is 4.57 Å². The van der Waals surface area contributed by atoms with Gasteiger partial charge in [0.25, 0.3) is 0 Å². The van der Waals surface area contributed by atoms with E-state index >= 15 is 0 Å². The maximum Gasteiger partial charge on any atom is 0.0534 e. The Kier molecular flexibility index (Phi) is 11.2. The van der Waals surface area contributed by atoms with Crippen molar-refractivity contribution in [3.8, 4) is 11.1 Å². The minimum atomic E-state index is 0.461. The Morgan fingerprint density at radius 1 is 0.879 bits per heavy atom. The molecule has 1 unspecified atom stereocenters. The van der Waals surface area contributed by atoms with E-state index in [0.717, 1.165) is 0 Å². The summed E-state index contributed by atoms with van der Waals surface area (Å²) in [6, 6.07) is 23.5. The molecule has 33 heavy (non-hydrogen) atoms. The van der Waals surface area contributed by atoms with Crippen molar-refractivity contribution >= 4 is 6.21 Å². The third kappa shape index (κ3) is 8.05. The highest BCUT2D eigenvalue weighted by atomic mass is 15.0. The molecule has 2 nitrogen and oxygen atoms in total. The van der Waals surface area contributed by atoms with Gasteiger partial charge in [0.05, 0.1) is 6.04 Å². The summed E-state index contributed by atoms with van der Waals surface area (Å²) < 4.78 is 2.38. The van der Waals surface area contributed by atoms with E-state index in [4.69, 9.17) is 0 Å². The molecule has 0 fully saturated rings. The van der Waals surface area contributed by atoms with E-state index in [2.05, 4.69) is 97.2 Å². The van der Waals surface area contributed by atoms with Crippen LogP contribution in [0.2, 0.25) is 0 Å². The zero-order valence-corrected chi connectivity index (χ0v) is 21.2. The summed E-state index contributed by atoms with van der Waals surface area (Å²) in [5.41, 5.74) is 6.45. The van der Waals surface area contributed by atoms with Gasteiger partial charge in [-0.15, -0.1) is 0 Å². The zero-order valence-electron chi connectivity index (χ0n) is 21.2. The number of allylic oxidation sites excluding steroid dienone is 4. The first-order valence-corrected chi connectivity index (χ1v) is 12.2. The molecule has 1 aliphatic carbocycles. The van der Waals surface area contributed by atoms with Gasteiger partial charge >= 0.3 is 0 Å². The van der Waals surface area contributed by atoms with Crippen LogP contribution in [0.4, 0.5) is 0 Å². The van der Waals surface area contributed by atoms with Crippen molar-refractivity contribution in [3.05, 3.63) is 108 Å². The predicted molar refractivity (Wildman–Crippen MR) is 146 cm³/mol. The first kappa shape index (κ1) is 26.1. The summed E-state index contributed by atoms with van der Waals surface area (Å²) in [5, 5.41) is 0. The molecule has 0 saturated carbocycles. The van der Waals surface area contributed by atoms with Crippen molar-refractivity contribution in [2.24, 2.45) is 10.9 Å². The number of hydrogen-bond acceptors (Lipinski definition) is 1. The Bertz CT molecular complexity index is 986. The smallest absolute Gasteiger partial charge is 0.0534 e. The first-order valence-electron chi connectivity index (χ1n) is 12.2. The molecule has 1 aromatic heterocycles. The molecule has 0 N–H and O–H groups in total. The first-order chi connectivity index (χ1) is 16.1. The SMILES string of the molecule is C/C=C\C=NC1=C[C@@H](n2cc(C)cc2C)CCC1C.CC.c1ccc(-c2ccccc2)cc1. The minimum Gasteiger partial charge on any atom is -0.345 e. The average molecular weight is 441 g/mol. The van der Waals surface area contributed by atoms with Gasteiger partial charge in [-0.1, -0.05) is 87.5 Å². The molecule has 2 aromatic carbocycles. The number of aliphatic imine (C=N–C) groups is 1. The van der Waals surface area contributed by atoms with Gasteiger partial charge in [0.2, 0.25) is 0 Å². The van der Waals surface area contributed by atoms with Crippen LogP contribution in [-0.4, -0.2) is 10.8 Å². The summed E-state index contributed by atoms with van der Waals surface area (Å²) in [5.74, 6) is 0.565. The summed E-state index contributed by atoms with van der Waals surface area (Å²) in [6.07, 6.45) is 12.9. The third-order valence-corrected chi connectivity index (χ3v) is 5.69. The van der Waals surface area contributed by atoms with Crippen LogP contribution < -0.4 is 0 Å². The molecule has 0 radical (unpaired) electrons. The van der Waals surface area contributed by atoms with E-state index in [1.165, 1.54) is 40.9 Å². The van der Waals surface area contributed by atoms with Crippen LogP contribution in [0.15, 0.2) is 102 Å². The summed E-state index contributed by atoms with van der Waals surface area (Å²) in [7, 11) is 0. The van der Waals surface area contributed by atoms with E-state index in [-0.39, 0.29) is 0 Å². The Labute approximate surface area is 201 Å². The van der Waals surface area contributed by atoms with E-state index in [0.29, 0.717) is 12.0 Å². The van der Waals surface area contributed by atoms with Crippen LogP contribution in [-0.2, 0) is 0 Å². The van der Waals surface area contributed by atoms with Crippen molar-refractivity contribution in [3.63, 3.8) is 0 Å². The molecular weight excluding hydrogens is 400 g/mol. The molecule has 4 rings (SSSR count). The van der Waals surface area contributed by atoms with Gasteiger partial charge in [-0.3, -0.25) is 4.99 Å². The van der Waals surface area contributed by atoms with Crippen LogP contribution in [0.5, 0.6) is 0 Å². The van der Waals surface area contributed by atoms with Crippen LogP contribution in [0.1, 0.15) is 57.8 Å². The van der Waals surface area contributed by atoms with E-state index in [1.807, 2.05) is 51.3 Å². The lowest BCUT2D eigenvalue weighted by molar-refractivity contribution is 0.440. The molecule has 2 atom stereocenters.